The van der Waals surface area contributed by atoms with Crippen LogP contribution in [-0.4, -0.2) is 128 Å². The molecular weight excluding hydrogens is 504 g/mol. The smallest absolute Gasteiger partial charge is 0.305 e. The van der Waals surface area contributed by atoms with Crippen LogP contribution in [-0.2, 0) is 47.5 Å². The highest BCUT2D eigenvalue weighted by Crippen LogP contribution is 2.09. The van der Waals surface area contributed by atoms with Crippen molar-refractivity contribution in [1.82, 2.24) is 0 Å². The fourth-order valence-electron chi connectivity index (χ4n) is 3.03. The highest BCUT2D eigenvalue weighted by molar-refractivity contribution is 5.69. The number of rotatable bonds is 31. The molecule has 0 heterocycles. The highest BCUT2D eigenvalue weighted by atomic mass is 16.6. The lowest BCUT2D eigenvalue weighted by Gasteiger charge is -2.08. The first-order chi connectivity index (χ1) is 18.7. The normalized spacial score (nSPS) is 11.1. The Labute approximate surface area is 227 Å². The van der Waals surface area contributed by atoms with Crippen molar-refractivity contribution in [3.05, 3.63) is 0 Å². The minimum atomic E-state index is -0.214. The molecule has 0 rings (SSSR count). The van der Waals surface area contributed by atoms with E-state index in [1.54, 1.807) is 0 Å². The molecule has 38 heavy (non-hydrogen) atoms. The van der Waals surface area contributed by atoms with Gasteiger partial charge < -0.3 is 48.1 Å². The lowest BCUT2D eigenvalue weighted by Crippen LogP contribution is -2.14. The lowest BCUT2D eigenvalue weighted by molar-refractivity contribution is -0.146. The third kappa shape index (κ3) is 30.8. The molecule has 0 aliphatic heterocycles. The van der Waals surface area contributed by atoms with Gasteiger partial charge in [0.25, 0.3) is 0 Å². The van der Waals surface area contributed by atoms with E-state index in [2.05, 4.69) is 0 Å². The molecule has 0 aliphatic rings. The van der Waals surface area contributed by atoms with Gasteiger partial charge in [0.15, 0.2) is 0 Å². The molecule has 0 bridgehead atoms. The van der Waals surface area contributed by atoms with Crippen molar-refractivity contribution in [2.75, 3.05) is 106 Å². The van der Waals surface area contributed by atoms with E-state index in [-0.39, 0.29) is 38.4 Å². The van der Waals surface area contributed by atoms with E-state index in [1.165, 1.54) is 0 Å². The Bertz CT molecular complexity index is 463. The van der Waals surface area contributed by atoms with Gasteiger partial charge in [-0.1, -0.05) is 25.7 Å². The van der Waals surface area contributed by atoms with E-state index in [4.69, 9.17) is 48.1 Å². The van der Waals surface area contributed by atoms with Crippen LogP contribution in [0.1, 0.15) is 51.4 Å². The molecule has 12 nitrogen and oxygen atoms in total. The van der Waals surface area contributed by atoms with Gasteiger partial charge in [-0.3, -0.25) is 9.59 Å². The first-order valence-electron chi connectivity index (χ1n) is 13.7. The summed E-state index contributed by atoms with van der Waals surface area (Å²) in [5, 5.41) is 17.1. The average molecular weight is 555 g/mol. The molecule has 0 atom stereocenters. The van der Waals surface area contributed by atoms with Crippen LogP contribution in [0.25, 0.3) is 0 Å². The van der Waals surface area contributed by atoms with Gasteiger partial charge in [0.2, 0.25) is 0 Å². The second-order valence-corrected chi connectivity index (χ2v) is 8.18. The molecule has 0 spiro atoms. The summed E-state index contributed by atoms with van der Waals surface area (Å²) >= 11 is 0. The molecule has 0 unspecified atom stereocenters. The van der Waals surface area contributed by atoms with Gasteiger partial charge in [0.05, 0.1) is 92.5 Å². The zero-order valence-corrected chi connectivity index (χ0v) is 22.9. The number of carbonyl (C=O) groups is 2. The van der Waals surface area contributed by atoms with Gasteiger partial charge in [-0.15, -0.1) is 0 Å². The van der Waals surface area contributed by atoms with Crippen molar-refractivity contribution in [2.24, 2.45) is 0 Å². The van der Waals surface area contributed by atoms with Crippen molar-refractivity contribution in [1.29, 1.82) is 0 Å². The van der Waals surface area contributed by atoms with E-state index >= 15 is 0 Å². The fraction of sp³-hybridized carbons (Fsp3) is 0.923. The molecule has 0 saturated heterocycles. The minimum Gasteiger partial charge on any atom is -0.463 e. The third-order valence-corrected chi connectivity index (χ3v) is 4.95. The third-order valence-electron chi connectivity index (χ3n) is 4.95. The largest absolute Gasteiger partial charge is 0.463 e. The molecule has 0 aromatic heterocycles. The Kier molecular flexibility index (Phi) is 30.7. The van der Waals surface area contributed by atoms with Crippen LogP contribution in [0.3, 0.4) is 0 Å². The number of ether oxygens (including phenoxy) is 8. The van der Waals surface area contributed by atoms with E-state index in [1.807, 2.05) is 0 Å². The summed E-state index contributed by atoms with van der Waals surface area (Å²) in [5.74, 6) is -0.428. The summed E-state index contributed by atoms with van der Waals surface area (Å²) in [6, 6.07) is 0. The van der Waals surface area contributed by atoms with Crippen LogP contribution in [0.2, 0.25) is 0 Å². The number of carbonyl (C=O) groups excluding carboxylic acids is 2. The van der Waals surface area contributed by atoms with Crippen LogP contribution in [0, 0.1) is 0 Å². The SMILES string of the molecule is O=C(CCCCCCCCC(=O)OCCOCCOCCOCCO)OCCOCCOCCOCCO. The van der Waals surface area contributed by atoms with Gasteiger partial charge >= 0.3 is 11.9 Å². The molecule has 0 radical (unpaired) electrons. The summed E-state index contributed by atoms with van der Waals surface area (Å²) in [4.78, 5) is 23.4. The zero-order chi connectivity index (χ0) is 27.8. The summed E-state index contributed by atoms with van der Waals surface area (Å²) in [7, 11) is 0. The van der Waals surface area contributed by atoms with Gasteiger partial charge in [-0.25, -0.2) is 0 Å². The Balaban J connectivity index is 3.25. The van der Waals surface area contributed by atoms with Crippen molar-refractivity contribution in [2.45, 2.75) is 51.4 Å². The summed E-state index contributed by atoms with van der Waals surface area (Å²) in [5.41, 5.74) is 0. The van der Waals surface area contributed by atoms with Gasteiger partial charge in [0.1, 0.15) is 13.2 Å². The molecule has 0 fully saturated rings. The second kappa shape index (κ2) is 31.8. The quantitative estimate of drug-likeness (QED) is 0.0939. The molecule has 0 amide bonds. The second-order valence-electron chi connectivity index (χ2n) is 8.18. The Morgan fingerprint density at radius 1 is 0.368 bits per heavy atom. The number of esters is 2. The molecule has 12 heteroatoms. The summed E-state index contributed by atoms with van der Waals surface area (Å²) < 4.78 is 41.6. The van der Waals surface area contributed by atoms with Crippen LogP contribution < -0.4 is 0 Å². The predicted molar refractivity (Wildman–Crippen MR) is 138 cm³/mol. The Morgan fingerprint density at radius 2 is 0.632 bits per heavy atom. The predicted octanol–water partition coefficient (Wildman–Crippen LogP) is 1.28. The Morgan fingerprint density at radius 3 is 0.947 bits per heavy atom. The van der Waals surface area contributed by atoms with Gasteiger partial charge in [0, 0.05) is 12.8 Å². The van der Waals surface area contributed by atoms with Crippen molar-refractivity contribution in [3.8, 4) is 0 Å². The molecule has 0 aliphatic carbocycles. The first-order valence-corrected chi connectivity index (χ1v) is 13.7. The van der Waals surface area contributed by atoms with Crippen molar-refractivity contribution in [3.63, 3.8) is 0 Å². The summed E-state index contributed by atoms with van der Waals surface area (Å²) in [6.45, 7) is 5.26. The number of hydrogen-bond acceptors (Lipinski definition) is 12. The van der Waals surface area contributed by atoms with Crippen LogP contribution in [0.5, 0.6) is 0 Å². The molecule has 226 valence electrons. The number of aliphatic hydroxyl groups excluding tert-OH is 2. The fourth-order valence-corrected chi connectivity index (χ4v) is 3.03. The monoisotopic (exact) mass is 554 g/mol. The molecule has 2 N–H and O–H groups in total. The first kappa shape index (κ1) is 36.6. The van der Waals surface area contributed by atoms with Crippen LogP contribution >= 0.6 is 0 Å². The minimum absolute atomic E-state index is 0.00411. The van der Waals surface area contributed by atoms with Crippen LogP contribution in [0.4, 0.5) is 0 Å². The molecule has 0 saturated carbocycles. The highest BCUT2D eigenvalue weighted by Gasteiger charge is 2.04. The van der Waals surface area contributed by atoms with Crippen molar-refractivity contribution < 1.29 is 57.7 Å². The van der Waals surface area contributed by atoms with E-state index < -0.39 is 0 Å². The van der Waals surface area contributed by atoms with E-state index in [9.17, 15) is 9.59 Å². The standard InChI is InChI=1S/C26H50O12/c27-9-11-31-13-15-33-17-19-35-21-23-37-25(29)7-5-3-1-2-4-6-8-26(30)38-24-22-36-20-18-34-16-14-32-12-10-28/h27-28H,1-24H2. The maximum atomic E-state index is 11.7. The van der Waals surface area contributed by atoms with E-state index in [0.717, 1.165) is 38.5 Å². The lowest BCUT2D eigenvalue weighted by atomic mass is 10.1. The zero-order valence-electron chi connectivity index (χ0n) is 22.9. The van der Waals surface area contributed by atoms with Gasteiger partial charge in [-0.2, -0.15) is 0 Å². The molecule has 0 aromatic rings. The van der Waals surface area contributed by atoms with E-state index in [0.29, 0.717) is 92.1 Å². The van der Waals surface area contributed by atoms with Crippen LogP contribution in [0.15, 0.2) is 0 Å². The molecule has 0 aromatic carbocycles. The number of hydrogen-bond donors (Lipinski definition) is 2. The average Bonchev–Trinajstić information content (AvgIpc) is 2.91. The maximum Gasteiger partial charge on any atom is 0.305 e. The number of aliphatic hydroxyl groups is 2. The maximum absolute atomic E-state index is 11.7. The van der Waals surface area contributed by atoms with Crippen molar-refractivity contribution >= 4 is 11.9 Å². The molecular formula is C26H50O12. The summed E-state index contributed by atoms with van der Waals surface area (Å²) in [6.07, 6.45) is 6.30. The Hall–Kier alpha value is -1.38. The van der Waals surface area contributed by atoms with Gasteiger partial charge in [-0.05, 0) is 12.8 Å². The topological polar surface area (TPSA) is 148 Å². The number of unbranched alkanes of at least 4 members (excludes halogenated alkanes) is 5.